The van der Waals surface area contributed by atoms with Crippen molar-refractivity contribution in [2.75, 3.05) is 0 Å². The van der Waals surface area contributed by atoms with Gasteiger partial charge in [0, 0.05) is 11.1 Å². The Morgan fingerprint density at radius 3 is 2.10 bits per heavy atom. The van der Waals surface area contributed by atoms with E-state index in [1.54, 1.807) is 36.4 Å². The van der Waals surface area contributed by atoms with Gasteiger partial charge in [-0.25, -0.2) is 9.78 Å². The van der Waals surface area contributed by atoms with E-state index in [0.29, 0.717) is 34.5 Å². The van der Waals surface area contributed by atoms with Crippen LogP contribution in [0.4, 0.5) is 0 Å². The van der Waals surface area contributed by atoms with Gasteiger partial charge in [0.25, 0.3) is 0 Å². The van der Waals surface area contributed by atoms with Crippen LogP contribution in [0.5, 0.6) is 17.2 Å². The zero-order chi connectivity index (χ0) is 27.7. The third kappa shape index (κ3) is 6.73. The lowest BCUT2D eigenvalue weighted by Crippen LogP contribution is -2.15. The Morgan fingerprint density at radius 2 is 1.43 bits per heavy atom. The molecule has 200 valence electrons. The van der Waals surface area contributed by atoms with E-state index in [4.69, 9.17) is 18.7 Å². The van der Waals surface area contributed by atoms with Crippen molar-refractivity contribution >= 4 is 11.7 Å². The summed E-state index contributed by atoms with van der Waals surface area (Å²) in [5, 5.41) is 13.5. The number of rotatable bonds is 11. The number of carboxylic acids is 1. The zero-order valence-electron chi connectivity index (χ0n) is 21.7. The van der Waals surface area contributed by atoms with Crippen LogP contribution in [0.2, 0.25) is 0 Å². The van der Waals surface area contributed by atoms with Crippen LogP contribution in [0.25, 0.3) is 11.5 Å². The van der Waals surface area contributed by atoms with Gasteiger partial charge in [-0.2, -0.15) is 0 Å². The molecule has 0 radical (unpaired) electrons. The van der Waals surface area contributed by atoms with Gasteiger partial charge in [-0.3, -0.25) is 0 Å². The maximum Gasteiger partial charge on any atom is 0.358 e. The molecule has 0 saturated carbocycles. The molecular formula is C32H26N2O6. The first kappa shape index (κ1) is 26.2. The molecule has 0 unspecified atom stereocenters. The molecule has 8 heteroatoms. The average Bonchev–Trinajstić information content (AvgIpc) is 3.36. The van der Waals surface area contributed by atoms with Crippen LogP contribution in [0, 0.1) is 6.92 Å². The number of oxime groups is 1. The highest BCUT2D eigenvalue weighted by Gasteiger charge is 2.15. The SMILES string of the molecule is Cc1oc(-c2ccccc2)nc1COc1ccc(CO/N=C(/C(=O)O)c2ccc(Oc3ccccc3)cc2)cc1. The smallest absolute Gasteiger partial charge is 0.358 e. The van der Waals surface area contributed by atoms with Gasteiger partial charge in [-0.05, 0) is 73.2 Å². The minimum Gasteiger partial charge on any atom is -0.487 e. The normalized spacial score (nSPS) is 11.2. The van der Waals surface area contributed by atoms with Crippen molar-refractivity contribution in [1.29, 1.82) is 0 Å². The number of para-hydroxylation sites is 1. The Hall–Kier alpha value is -5.37. The van der Waals surface area contributed by atoms with Crippen molar-refractivity contribution in [3.63, 3.8) is 0 Å². The third-order valence-corrected chi connectivity index (χ3v) is 5.91. The van der Waals surface area contributed by atoms with Crippen LogP contribution in [0.15, 0.2) is 119 Å². The molecule has 0 aliphatic heterocycles. The summed E-state index contributed by atoms with van der Waals surface area (Å²) in [6, 6.07) is 32.9. The fourth-order valence-corrected chi connectivity index (χ4v) is 3.79. The number of carbonyl (C=O) groups is 1. The quantitative estimate of drug-likeness (QED) is 0.143. The van der Waals surface area contributed by atoms with E-state index in [1.165, 1.54) is 0 Å². The van der Waals surface area contributed by atoms with E-state index in [1.807, 2.05) is 79.7 Å². The molecule has 0 aliphatic rings. The van der Waals surface area contributed by atoms with Crippen molar-refractivity contribution < 1.29 is 28.6 Å². The number of hydrogen-bond acceptors (Lipinski definition) is 7. The number of hydrogen-bond donors (Lipinski definition) is 1. The number of oxazole rings is 1. The van der Waals surface area contributed by atoms with Gasteiger partial charge < -0.3 is 23.8 Å². The van der Waals surface area contributed by atoms with E-state index < -0.39 is 5.97 Å². The second-order valence-corrected chi connectivity index (χ2v) is 8.78. The highest BCUT2D eigenvalue weighted by molar-refractivity contribution is 6.42. The maximum atomic E-state index is 11.8. The van der Waals surface area contributed by atoms with Crippen molar-refractivity contribution in [2.45, 2.75) is 20.1 Å². The zero-order valence-corrected chi connectivity index (χ0v) is 21.7. The van der Waals surface area contributed by atoms with Gasteiger partial charge in [-0.15, -0.1) is 0 Å². The Kier molecular flexibility index (Phi) is 8.17. The third-order valence-electron chi connectivity index (χ3n) is 5.91. The van der Waals surface area contributed by atoms with Crippen molar-refractivity contribution in [1.82, 2.24) is 4.98 Å². The number of carboxylic acid groups (broad SMARTS) is 1. The molecule has 5 aromatic rings. The van der Waals surface area contributed by atoms with Gasteiger partial charge in [-0.1, -0.05) is 53.7 Å². The first-order valence-electron chi connectivity index (χ1n) is 12.6. The van der Waals surface area contributed by atoms with Crippen molar-refractivity contribution in [3.05, 3.63) is 132 Å². The lowest BCUT2D eigenvalue weighted by atomic mass is 10.1. The first-order chi connectivity index (χ1) is 19.5. The summed E-state index contributed by atoms with van der Waals surface area (Å²) >= 11 is 0. The topological polar surface area (TPSA) is 103 Å². The van der Waals surface area contributed by atoms with Crippen LogP contribution in [-0.2, 0) is 22.8 Å². The molecule has 0 atom stereocenters. The Morgan fingerprint density at radius 1 is 0.800 bits per heavy atom. The van der Waals surface area contributed by atoms with Gasteiger partial charge in [0.05, 0.1) is 0 Å². The molecule has 40 heavy (non-hydrogen) atoms. The largest absolute Gasteiger partial charge is 0.487 e. The molecule has 0 spiro atoms. The van der Waals surface area contributed by atoms with Gasteiger partial charge >= 0.3 is 5.97 Å². The summed E-state index contributed by atoms with van der Waals surface area (Å²) in [6.07, 6.45) is 0. The molecule has 0 amide bonds. The Balaban J connectivity index is 1.15. The highest BCUT2D eigenvalue weighted by atomic mass is 16.6. The summed E-state index contributed by atoms with van der Waals surface area (Å²) in [4.78, 5) is 21.7. The van der Waals surface area contributed by atoms with Crippen LogP contribution < -0.4 is 9.47 Å². The molecular weight excluding hydrogens is 508 g/mol. The number of aryl methyl sites for hydroxylation is 1. The standard InChI is InChI=1S/C32H26N2O6/c1-22-29(33-31(39-22)25-8-4-2-5-9-25)21-37-26-16-12-23(13-17-26)20-38-34-30(32(35)36)24-14-18-28(19-15-24)40-27-10-6-3-7-11-27/h2-19H,20-21H2,1H3,(H,35,36)/b34-30+. The molecule has 4 aromatic carbocycles. The van der Waals surface area contributed by atoms with Crippen LogP contribution in [0.1, 0.15) is 22.6 Å². The number of nitrogens with zero attached hydrogens (tertiary/aromatic N) is 2. The molecule has 0 aliphatic carbocycles. The minimum atomic E-state index is -1.20. The fourth-order valence-electron chi connectivity index (χ4n) is 3.79. The molecule has 1 aromatic heterocycles. The van der Waals surface area contributed by atoms with E-state index in [0.717, 1.165) is 16.8 Å². The lowest BCUT2D eigenvalue weighted by Gasteiger charge is -2.08. The maximum absolute atomic E-state index is 11.8. The van der Waals surface area contributed by atoms with Crippen molar-refractivity contribution in [3.8, 4) is 28.7 Å². The van der Waals surface area contributed by atoms with Gasteiger partial charge in [0.15, 0.2) is 5.71 Å². The molecule has 1 heterocycles. The molecule has 5 rings (SSSR count). The minimum absolute atomic E-state index is 0.0924. The lowest BCUT2D eigenvalue weighted by molar-refractivity contribution is -0.129. The predicted octanol–water partition coefficient (Wildman–Crippen LogP) is 7.03. The average molecular weight is 535 g/mol. The predicted molar refractivity (Wildman–Crippen MR) is 149 cm³/mol. The fraction of sp³-hybridized carbons (Fsp3) is 0.0938. The summed E-state index contributed by atoms with van der Waals surface area (Å²) in [7, 11) is 0. The number of benzene rings is 4. The van der Waals surface area contributed by atoms with E-state index in [2.05, 4.69) is 10.1 Å². The van der Waals surface area contributed by atoms with E-state index in [-0.39, 0.29) is 18.9 Å². The highest BCUT2D eigenvalue weighted by Crippen LogP contribution is 2.24. The second-order valence-electron chi connectivity index (χ2n) is 8.78. The number of aliphatic carboxylic acids is 1. The number of aromatic nitrogens is 1. The number of ether oxygens (including phenoxy) is 2. The molecule has 0 bridgehead atoms. The Labute approximate surface area is 231 Å². The summed E-state index contributed by atoms with van der Waals surface area (Å²) in [5.41, 5.74) is 2.63. The summed E-state index contributed by atoms with van der Waals surface area (Å²) in [6.45, 7) is 2.21. The van der Waals surface area contributed by atoms with E-state index >= 15 is 0 Å². The van der Waals surface area contributed by atoms with Crippen LogP contribution in [-0.4, -0.2) is 21.8 Å². The second kappa shape index (κ2) is 12.4. The van der Waals surface area contributed by atoms with Gasteiger partial charge in [0.1, 0.15) is 41.9 Å². The van der Waals surface area contributed by atoms with E-state index in [9.17, 15) is 9.90 Å². The monoisotopic (exact) mass is 534 g/mol. The van der Waals surface area contributed by atoms with Crippen molar-refractivity contribution in [2.24, 2.45) is 5.16 Å². The van der Waals surface area contributed by atoms with Crippen LogP contribution >= 0.6 is 0 Å². The summed E-state index contributed by atoms with van der Waals surface area (Å²) < 4.78 is 17.4. The van der Waals surface area contributed by atoms with Crippen LogP contribution in [0.3, 0.4) is 0 Å². The molecule has 0 saturated heterocycles. The molecule has 8 nitrogen and oxygen atoms in total. The molecule has 0 fully saturated rings. The Bertz CT molecular complexity index is 1580. The first-order valence-corrected chi connectivity index (χ1v) is 12.6. The molecule has 1 N–H and O–H groups in total. The summed E-state index contributed by atoms with van der Waals surface area (Å²) in [5.74, 6) is 1.99. The van der Waals surface area contributed by atoms with Gasteiger partial charge in [0.2, 0.25) is 5.89 Å².